The van der Waals surface area contributed by atoms with Crippen LogP contribution in [0.1, 0.15) is 23.2 Å². The van der Waals surface area contributed by atoms with Crippen molar-refractivity contribution < 1.29 is 4.79 Å². The standard InChI is InChI=1S/C22H24N6O4/c1-25-19(29)17(11-23-22(25)32)21(31)27-8-6-26(7-9-27)15-4-5-16-18(10-15)24-13-28(20(16)30)12-14-2-3-14/h4-5,10-11,13-14H,2-3,6-9,12H2,1H3,(H,23,32). The van der Waals surface area contributed by atoms with Gasteiger partial charge in [-0.3, -0.25) is 23.5 Å². The summed E-state index contributed by atoms with van der Waals surface area (Å²) in [5.74, 6) is 0.208. The van der Waals surface area contributed by atoms with Gasteiger partial charge in [-0.05, 0) is 37.0 Å². The normalized spacial score (nSPS) is 16.5. The van der Waals surface area contributed by atoms with E-state index in [9.17, 15) is 19.2 Å². The summed E-state index contributed by atoms with van der Waals surface area (Å²) in [5, 5.41) is 0.611. The van der Waals surface area contributed by atoms with Crippen LogP contribution >= 0.6 is 0 Å². The lowest BCUT2D eigenvalue weighted by Gasteiger charge is -2.36. The number of rotatable bonds is 4. The van der Waals surface area contributed by atoms with Crippen LogP contribution in [0.2, 0.25) is 0 Å². The number of hydrogen-bond acceptors (Lipinski definition) is 6. The smallest absolute Gasteiger partial charge is 0.328 e. The van der Waals surface area contributed by atoms with Gasteiger partial charge >= 0.3 is 5.69 Å². The summed E-state index contributed by atoms with van der Waals surface area (Å²) < 4.78 is 2.59. The Morgan fingerprint density at radius 2 is 1.84 bits per heavy atom. The van der Waals surface area contributed by atoms with E-state index >= 15 is 0 Å². The molecule has 1 amide bonds. The number of amides is 1. The zero-order valence-electron chi connectivity index (χ0n) is 17.8. The number of anilines is 1. The first kappa shape index (κ1) is 20.2. The number of aromatic amines is 1. The minimum atomic E-state index is -0.603. The molecule has 1 aliphatic heterocycles. The lowest BCUT2D eigenvalue weighted by molar-refractivity contribution is 0.0743. The third-order valence-corrected chi connectivity index (χ3v) is 6.30. The number of benzene rings is 1. The van der Waals surface area contributed by atoms with Gasteiger partial charge in [0.15, 0.2) is 0 Å². The molecule has 0 atom stereocenters. The van der Waals surface area contributed by atoms with Crippen molar-refractivity contribution in [3.8, 4) is 0 Å². The summed E-state index contributed by atoms with van der Waals surface area (Å²) >= 11 is 0. The highest BCUT2D eigenvalue weighted by Crippen LogP contribution is 2.30. The molecule has 1 N–H and O–H groups in total. The second-order valence-corrected chi connectivity index (χ2v) is 8.50. The SMILES string of the molecule is Cn1c(=O)[nH]cc(C(=O)N2CCN(c3ccc4c(=O)n(CC5CC5)cnc4c3)CC2)c1=O. The Hall–Kier alpha value is -3.69. The number of H-pyrrole nitrogens is 1. The number of nitrogens with zero attached hydrogens (tertiary/aromatic N) is 5. The second kappa shape index (κ2) is 7.77. The van der Waals surface area contributed by atoms with Crippen molar-refractivity contribution in [1.29, 1.82) is 0 Å². The third kappa shape index (κ3) is 3.61. The highest BCUT2D eigenvalue weighted by atomic mass is 16.2. The van der Waals surface area contributed by atoms with Crippen molar-refractivity contribution in [3.63, 3.8) is 0 Å². The average molecular weight is 436 g/mol. The van der Waals surface area contributed by atoms with E-state index in [2.05, 4.69) is 14.9 Å². The van der Waals surface area contributed by atoms with E-state index in [-0.39, 0.29) is 11.1 Å². The zero-order chi connectivity index (χ0) is 22.4. The van der Waals surface area contributed by atoms with Gasteiger partial charge in [0.05, 0.1) is 17.2 Å². The molecule has 2 aliphatic rings. The summed E-state index contributed by atoms with van der Waals surface area (Å²) in [6.07, 6.45) is 5.17. The van der Waals surface area contributed by atoms with E-state index in [0.29, 0.717) is 43.0 Å². The van der Waals surface area contributed by atoms with Crippen molar-refractivity contribution in [2.45, 2.75) is 19.4 Å². The fourth-order valence-corrected chi connectivity index (χ4v) is 4.11. The van der Waals surface area contributed by atoms with Gasteiger partial charge in [0.25, 0.3) is 17.0 Å². The fraction of sp³-hybridized carbons (Fsp3) is 0.409. The number of fused-ring (bicyclic) bond motifs is 1. The molecule has 10 heteroatoms. The molecule has 2 aromatic heterocycles. The molecule has 1 saturated carbocycles. The van der Waals surface area contributed by atoms with E-state index in [4.69, 9.17) is 0 Å². The summed E-state index contributed by atoms with van der Waals surface area (Å²) in [6, 6.07) is 5.65. The van der Waals surface area contributed by atoms with Gasteiger partial charge in [-0.25, -0.2) is 9.78 Å². The summed E-state index contributed by atoms with van der Waals surface area (Å²) in [6.45, 7) is 2.78. The number of piperazine rings is 1. The van der Waals surface area contributed by atoms with E-state index in [1.54, 1.807) is 15.8 Å². The maximum absolute atomic E-state index is 12.8. The summed E-state index contributed by atoms with van der Waals surface area (Å²) in [7, 11) is 1.34. The minimum Gasteiger partial charge on any atom is -0.368 e. The molecule has 10 nitrogen and oxygen atoms in total. The molecule has 1 aromatic carbocycles. The number of carbonyl (C=O) groups excluding carboxylic acids is 1. The molecule has 0 spiro atoms. The molecule has 0 bridgehead atoms. The van der Waals surface area contributed by atoms with Crippen LogP contribution in [0.3, 0.4) is 0 Å². The van der Waals surface area contributed by atoms with Crippen molar-refractivity contribution >= 4 is 22.5 Å². The molecule has 2 fully saturated rings. The van der Waals surface area contributed by atoms with Gasteiger partial charge in [-0.2, -0.15) is 0 Å². The number of nitrogens with one attached hydrogen (secondary N) is 1. The van der Waals surface area contributed by atoms with Crippen LogP contribution < -0.4 is 21.7 Å². The minimum absolute atomic E-state index is 0.00801. The molecule has 1 aliphatic carbocycles. The van der Waals surface area contributed by atoms with Gasteiger partial charge < -0.3 is 14.8 Å². The Balaban J connectivity index is 1.31. The Morgan fingerprint density at radius 3 is 2.56 bits per heavy atom. The van der Waals surface area contributed by atoms with E-state index < -0.39 is 17.2 Å². The fourth-order valence-electron chi connectivity index (χ4n) is 4.11. The van der Waals surface area contributed by atoms with Gasteiger partial charge in [0.2, 0.25) is 0 Å². The zero-order valence-corrected chi connectivity index (χ0v) is 17.8. The van der Waals surface area contributed by atoms with Gasteiger partial charge in [0.1, 0.15) is 5.56 Å². The first-order chi connectivity index (χ1) is 15.4. The molecule has 1 saturated heterocycles. The van der Waals surface area contributed by atoms with Crippen LogP contribution in [0, 0.1) is 5.92 Å². The van der Waals surface area contributed by atoms with Crippen LogP contribution in [0.15, 0.2) is 45.1 Å². The average Bonchev–Trinajstić information content (AvgIpc) is 3.63. The maximum Gasteiger partial charge on any atom is 0.328 e. The number of hydrogen-bond donors (Lipinski definition) is 1. The molecule has 0 radical (unpaired) electrons. The van der Waals surface area contributed by atoms with E-state index in [1.165, 1.54) is 26.1 Å². The quantitative estimate of drug-likeness (QED) is 0.623. The van der Waals surface area contributed by atoms with Crippen LogP contribution in [-0.2, 0) is 13.6 Å². The highest BCUT2D eigenvalue weighted by Gasteiger charge is 2.25. The monoisotopic (exact) mass is 436 g/mol. The predicted molar refractivity (Wildman–Crippen MR) is 119 cm³/mol. The molecule has 3 heterocycles. The molecule has 5 rings (SSSR count). The highest BCUT2D eigenvalue weighted by molar-refractivity contribution is 5.93. The molecular formula is C22H24N6O4. The van der Waals surface area contributed by atoms with Crippen molar-refractivity contribution in [2.75, 3.05) is 31.1 Å². The topological polar surface area (TPSA) is 113 Å². The summed E-state index contributed by atoms with van der Waals surface area (Å²) in [4.78, 5) is 59.9. The predicted octanol–water partition coefficient (Wildman–Crippen LogP) is 0.156. The van der Waals surface area contributed by atoms with Crippen molar-refractivity contribution in [2.24, 2.45) is 13.0 Å². The first-order valence-corrected chi connectivity index (χ1v) is 10.7. The van der Waals surface area contributed by atoms with Crippen LogP contribution in [0.4, 0.5) is 5.69 Å². The second-order valence-electron chi connectivity index (χ2n) is 8.50. The Bertz CT molecular complexity index is 1380. The van der Waals surface area contributed by atoms with Crippen LogP contribution in [0.5, 0.6) is 0 Å². The van der Waals surface area contributed by atoms with E-state index in [0.717, 1.165) is 16.8 Å². The van der Waals surface area contributed by atoms with Crippen LogP contribution in [-0.4, -0.2) is 56.1 Å². The Kier molecular flexibility index (Phi) is 4.91. The van der Waals surface area contributed by atoms with E-state index in [1.807, 2.05) is 18.2 Å². The third-order valence-electron chi connectivity index (χ3n) is 6.30. The Labute approximate surface area is 182 Å². The molecule has 32 heavy (non-hydrogen) atoms. The molecule has 166 valence electrons. The van der Waals surface area contributed by atoms with Gasteiger partial charge in [-0.15, -0.1) is 0 Å². The van der Waals surface area contributed by atoms with Gasteiger partial charge in [-0.1, -0.05) is 0 Å². The first-order valence-electron chi connectivity index (χ1n) is 10.7. The molecule has 0 unspecified atom stereocenters. The summed E-state index contributed by atoms with van der Waals surface area (Å²) in [5.41, 5.74) is 0.394. The maximum atomic E-state index is 12.8. The number of carbonyl (C=O) groups is 1. The lowest BCUT2D eigenvalue weighted by Crippen LogP contribution is -2.50. The number of aromatic nitrogens is 4. The van der Waals surface area contributed by atoms with Crippen molar-refractivity contribution in [1.82, 2.24) is 24.0 Å². The molecule has 3 aromatic rings. The Morgan fingerprint density at radius 1 is 1.09 bits per heavy atom. The molecular weight excluding hydrogens is 412 g/mol. The largest absolute Gasteiger partial charge is 0.368 e. The lowest BCUT2D eigenvalue weighted by atomic mass is 10.1. The van der Waals surface area contributed by atoms with Crippen molar-refractivity contribution in [3.05, 3.63) is 67.5 Å². The van der Waals surface area contributed by atoms with Crippen LogP contribution in [0.25, 0.3) is 10.9 Å². The van der Waals surface area contributed by atoms with Gasteiger partial charge in [0, 0.05) is 51.7 Å².